The third kappa shape index (κ3) is 4.78. The number of ether oxygens (including phenoxy) is 1. The lowest BCUT2D eigenvalue weighted by Crippen LogP contribution is -2.12. The maximum Gasteiger partial charge on any atom is 0.303 e. The van der Waals surface area contributed by atoms with E-state index in [-0.39, 0.29) is 5.41 Å². The zero-order chi connectivity index (χ0) is 13.7. The van der Waals surface area contributed by atoms with Gasteiger partial charge in [0.05, 0.1) is 13.0 Å². The molecule has 0 atom stereocenters. The van der Waals surface area contributed by atoms with Crippen molar-refractivity contribution in [3.63, 3.8) is 0 Å². The van der Waals surface area contributed by atoms with Crippen molar-refractivity contribution < 1.29 is 14.6 Å². The van der Waals surface area contributed by atoms with Crippen molar-refractivity contribution in [3.8, 4) is 5.75 Å². The van der Waals surface area contributed by atoms with Gasteiger partial charge in [-0.25, -0.2) is 0 Å². The highest BCUT2D eigenvalue weighted by molar-refractivity contribution is 7.99. The number of carbonyl (C=O) groups is 1. The molecule has 0 aliphatic heterocycles. The van der Waals surface area contributed by atoms with Gasteiger partial charge in [0, 0.05) is 5.75 Å². The summed E-state index contributed by atoms with van der Waals surface area (Å²) in [6.07, 6.45) is 2.44. The molecule has 0 heterocycles. The molecule has 2 rings (SSSR count). The predicted octanol–water partition coefficient (Wildman–Crippen LogP) is 3.36. The van der Waals surface area contributed by atoms with Crippen molar-refractivity contribution in [2.24, 2.45) is 5.41 Å². The summed E-state index contributed by atoms with van der Waals surface area (Å²) >= 11 is 1.80. The molecule has 0 bridgehead atoms. The fraction of sp³-hybridized carbons (Fsp3) is 0.533. The van der Waals surface area contributed by atoms with Crippen LogP contribution in [0, 0.1) is 12.3 Å². The zero-order valence-electron chi connectivity index (χ0n) is 11.2. The van der Waals surface area contributed by atoms with E-state index in [0.717, 1.165) is 30.1 Å². The number of benzene rings is 1. The Bertz CT molecular complexity index is 424. The van der Waals surface area contributed by atoms with E-state index in [9.17, 15) is 4.79 Å². The quantitative estimate of drug-likeness (QED) is 0.742. The van der Waals surface area contributed by atoms with Crippen molar-refractivity contribution in [3.05, 3.63) is 29.8 Å². The molecule has 1 saturated carbocycles. The molecule has 0 radical (unpaired) electrons. The molecule has 1 N–H and O–H groups in total. The Morgan fingerprint density at radius 1 is 1.37 bits per heavy atom. The molecule has 1 aliphatic rings. The third-order valence-corrected chi connectivity index (χ3v) is 4.68. The Hall–Kier alpha value is -1.16. The molecule has 0 unspecified atom stereocenters. The van der Waals surface area contributed by atoms with Crippen LogP contribution in [0.4, 0.5) is 0 Å². The summed E-state index contributed by atoms with van der Waals surface area (Å²) in [6.45, 7) is 2.73. The van der Waals surface area contributed by atoms with Crippen LogP contribution in [0.2, 0.25) is 0 Å². The lowest BCUT2D eigenvalue weighted by atomic mass is 10.1. The number of carboxylic acids is 1. The van der Waals surface area contributed by atoms with E-state index in [1.54, 1.807) is 11.8 Å². The largest absolute Gasteiger partial charge is 0.493 e. The summed E-state index contributed by atoms with van der Waals surface area (Å²) < 4.78 is 5.64. The van der Waals surface area contributed by atoms with Gasteiger partial charge in [-0.3, -0.25) is 4.79 Å². The summed E-state index contributed by atoms with van der Waals surface area (Å²) in [4.78, 5) is 10.7. The maximum absolute atomic E-state index is 10.7. The van der Waals surface area contributed by atoms with Crippen LogP contribution >= 0.6 is 11.8 Å². The van der Waals surface area contributed by atoms with Crippen LogP contribution in [0.25, 0.3) is 0 Å². The zero-order valence-corrected chi connectivity index (χ0v) is 12.0. The van der Waals surface area contributed by atoms with Gasteiger partial charge in [0.25, 0.3) is 0 Å². The monoisotopic (exact) mass is 280 g/mol. The summed E-state index contributed by atoms with van der Waals surface area (Å²) in [6, 6.07) is 8.03. The summed E-state index contributed by atoms with van der Waals surface area (Å²) in [7, 11) is 0. The number of thioether (sulfide) groups is 1. The molecule has 0 aromatic heterocycles. The van der Waals surface area contributed by atoms with Gasteiger partial charge in [-0.1, -0.05) is 17.7 Å². The number of rotatable bonds is 8. The summed E-state index contributed by atoms with van der Waals surface area (Å²) in [5.41, 5.74) is 1.31. The standard InChI is InChI=1S/C15H20O3S/c1-12-2-4-13(5-3-12)18-8-9-19-11-15(6-7-15)10-14(16)17/h2-5H,6-11H2,1H3,(H,16,17). The van der Waals surface area contributed by atoms with E-state index >= 15 is 0 Å². The molecule has 1 fully saturated rings. The smallest absolute Gasteiger partial charge is 0.303 e. The van der Waals surface area contributed by atoms with Gasteiger partial charge in [-0.2, -0.15) is 11.8 Å². The molecule has 3 nitrogen and oxygen atoms in total. The van der Waals surface area contributed by atoms with E-state index in [1.165, 1.54) is 5.56 Å². The second-order valence-corrected chi connectivity index (χ2v) is 6.39. The molecule has 0 saturated heterocycles. The SMILES string of the molecule is Cc1ccc(OCCSCC2(CC(=O)O)CC2)cc1. The Morgan fingerprint density at radius 3 is 2.63 bits per heavy atom. The van der Waals surface area contributed by atoms with Crippen LogP contribution in [0.15, 0.2) is 24.3 Å². The second kappa shape index (κ2) is 6.33. The number of hydrogen-bond donors (Lipinski definition) is 1. The first-order valence-electron chi connectivity index (χ1n) is 6.59. The highest BCUT2D eigenvalue weighted by Crippen LogP contribution is 2.50. The molecule has 1 aliphatic carbocycles. The molecule has 1 aromatic carbocycles. The van der Waals surface area contributed by atoms with E-state index in [0.29, 0.717) is 13.0 Å². The van der Waals surface area contributed by atoms with Gasteiger partial charge in [0.15, 0.2) is 0 Å². The van der Waals surface area contributed by atoms with Crippen LogP contribution in [0.1, 0.15) is 24.8 Å². The Labute approximate surface area is 118 Å². The number of aliphatic carboxylic acids is 1. The topological polar surface area (TPSA) is 46.5 Å². The van der Waals surface area contributed by atoms with Crippen LogP contribution < -0.4 is 4.74 Å². The van der Waals surface area contributed by atoms with Gasteiger partial charge in [-0.05, 0) is 43.1 Å². The van der Waals surface area contributed by atoms with Crippen molar-refractivity contribution in [2.45, 2.75) is 26.2 Å². The van der Waals surface area contributed by atoms with E-state index in [1.807, 2.05) is 24.3 Å². The van der Waals surface area contributed by atoms with Gasteiger partial charge in [0.2, 0.25) is 0 Å². The van der Waals surface area contributed by atoms with Crippen LogP contribution in [-0.2, 0) is 4.79 Å². The minimum atomic E-state index is -0.672. The van der Waals surface area contributed by atoms with E-state index < -0.39 is 5.97 Å². The Morgan fingerprint density at radius 2 is 2.05 bits per heavy atom. The van der Waals surface area contributed by atoms with E-state index in [2.05, 4.69) is 6.92 Å². The predicted molar refractivity (Wildman–Crippen MR) is 77.9 cm³/mol. The van der Waals surface area contributed by atoms with Gasteiger partial charge < -0.3 is 9.84 Å². The molecule has 0 spiro atoms. The molecule has 1 aromatic rings. The first-order valence-corrected chi connectivity index (χ1v) is 7.74. The second-order valence-electron chi connectivity index (χ2n) is 5.28. The maximum atomic E-state index is 10.7. The molecule has 104 valence electrons. The Kier molecular flexibility index (Phi) is 4.75. The third-order valence-electron chi connectivity index (χ3n) is 3.41. The van der Waals surface area contributed by atoms with Gasteiger partial charge in [0.1, 0.15) is 5.75 Å². The highest BCUT2D eigenvalue weighted by Gasteiger charge is 2.43. The summed E-state index contributed by atoms with van der Waals surface area (Å²) in [5.74, 6) is 2.08. The first kappa shape index (κ1) is 14.3. The molecular formula is C15H20O3S. The van der Waals surface area contributed by atoms with Gasteiger partial charge in [-0.15, -0.1) is 0 Å². The minimum absolute atomic E-state index is 0.0837. The number of aryl methyl sites for hydroxylation is 1. The molecular weight excluding hydrogens is 260 g/mol. The highest BCUT2D eigenvalue weighted by atomic mass is 32.2. The molecule has 19 heavy (non-hydrogen) atoms. The first-order chi connectivity index (χ1) is 9.10. The number of carboxylic acid groups (broad SMARTS) is 1. The van der Waals surface area contributed by atoms with E-state index in [4.69, 9.17) is 9.84 Å². The van der Waals surface area contributed by atoms with Gasteiger partial charge >= 0.3 is 5.97 Å². The molecule has 0 amide bonds. The average molecular weight is 280 g/mol. The fourth-order valence-electron chi connectivity index (χ4n) is 2.01. The van der Waals surface area contributed by atoms with Crippen LogP contribution in [0.5, 0.6) is 5.75 Å². The van der Waals surface area contributed by atoms with Crippen molar-refractivity contribution in [1.29, 1.82) is 0 Å². The van der Waals surface area contributed by atoms with Crippen molar-refractivity contribution in [1.82, 2.24) is 0 Å². The average Bonchev–Trinajstić information content (AvgIpc) is 3.10. The van der Waals surface area contributed by atoms with Crippen LogP contribution in [0.3, 0.4) is 0 Å². The normalized spacial score (nSPS) is 16.1. The van der Waals surface area contributed by atoms with Crippen molar-refractivity contribution >= 4 is 17.7 Å². The molecule has 4 heteroatoms. The minimum Gasteiger partial charge on any atom is -0.493 e. The lowest BCUT2D eigenvalue weighted by molar-refractivity contribution is -0.138. The number of hydrogen-bond acceptors (Lipinski definition) is 3. The Balaban J connectivity index is 1.60. The van der Waals surface area contributed by atoms with Crippen molar-refractivity contribution in [2.75, 3.05) is 18.1 Å². The summed E-state index contributed by atoms with van der Waals surface area (Å²) in [5, 5.41) is 8.83. The van der Waals surface area contributed by atoms with Crippen LogP contribution in [-0.4, -0.2) is 29.2 Å². The lowest BCUT2D eigenvalue weighted by Gasteiger charge is -2.12. The fourth-order valence-corrected chi connectivity index (χ4v) is 3.18.